The summed E-state index contributed by atoms with van der Waals surface area (Å²) >= 11 is 0. The predicted molar refractivity (Wildman–Crippen MR) is 111 cm³/mol. The summed E-state index contributed by atoms with van der Waals surface area (Å²) in [5, 5.41) is 23.0. The smallest absolute Gasteiger partial charge is 0.416 e. The van der Waals surface area contributed by atoms with E-state index in [2.05, 4.69) is 20.4 Å². The second-order valence-electron chi connectivity index (χ2n) is 7.92. The Morgan fingerprint density at radius 1 is 1.10 bits per heavy atom. The second-order valence-corrected chi connectivity index (χ2v) is 7.92. The molecule has 0 saturated carbocycles. The largest absolute Gasteiger partial charge is 0.507 e. The van der Waals surface area contributed by atoms with E-state index in [4.69, 9.17) is 0 Å². The van der Waals surface area contributed by atoms with Crippen LogP contribution in [-0.4, -0.2) is 46.4 Å². The number of benzene rings is 2. The highest BCUT2D eigenvalue weighted by Gasteiger charge is 2.31. The summed E-state index contributed by atoms with van der Waals surface area (Å²) in [5.74, 6) is 0.340. The first-order chi connectivity index (χ1) is 14.2. The van der Waals surface area contributed by atoms with Gasteiger partial charge in [0.1, 0.15) is 11.4 Å². The summed E-state index contributed by atoms with van der Waals surface area (Å²) in [6.07, 6.45) is -2.55. The van der Waals surface area contributed by atoms with Crippen LogP contribution in [0.25, 0.3) is 22.0 Å². The van der Waals surface area contributed by atoms with E-state index < -0.39 is 11.7 Å². The molecule has 1 aliphatic rings. The molecule has 0 amide bonds. The number of hydrogen-bond donors (Lipinski definition) is 2. The van der Waals surface area contributed by atoms with Crippen molar-refractivity contribution in [3.8, 4) is 17.0 Å². The zero-order valence-corrected chi connectivity index (χ0v) is 16.8. The molecule has 5 nitrogen and oxygen atoms in total. The summed E-state index contributed by atoms with van der Waals surface area (Å²) in [6, 6.07) is 8.74. The van der Waals surface area contributed by atoms with Crippen molar-refractivity contribution in [1.29, 1.82) is 0 Å². The van der Waals surface area contributed by atoms with E-state index in [9.17, 15) is 18.3 Å². The van der Waals surface area contributed by atoms with Gasteiger partial charge in [0, 0.05) is 28.9 Å². The average molecular weight is 416 g/mol. The van der Waals surface area contributed by atoms with Crippen molar-refractivity contribution in [3.05, 3.63) is 47.5 Å². The first-order valence-corrected chi connectivity index (χ1v) is 9.85. The number of likely N-dealkylation sites (N-methyl/N-ethyl adjacent to an activating group) is 1. The van der Waals surface area contributed by atoms with E-state index in [0.29, 0.717) is 27.8 Å². The molecular weight excluding hydrogens is 393 g/mol. The van der Waals surface area contributed by atoms with Crippen molar-refractivity contribution < 1.29 is 18.3 Å². The number of fused-ring (bicyclic) bond motifs is 1. The Balaban J connectivity index is 1.85. The Kier molecular flexibility index (Phi) is 5.27. The van der Waals surface area contributed by atoms with Gasteiger partial charge in [-0.1, -0.05) is 12.1 Å². The number of phenolic OH excluding ortho intramolecular Hbond substituents is 1. The lowest BCUT2D eigenvalue weighted by Gasteiger charge is -2.30. The number of aromatic hydroxyl groups is 1. The summed E-state index contributed by atoms with van der Waals surface area (Å²) in [5.41, 5.74) is 0.905. The summed E-state index contributed by atoms with van der Waals surface area (Å²) in [4.78, 5) is 2.18. The summed E-state index contributed by atoms with van der Waals surface area (Å²) in [6.45, 7) is 3.62. The van der Waals surface area contributed by atoms with Crippen LogP contribution < -0.4 is 5.32 Å². The molecule has 30 heavy (non-hydrogen) atoms. The first-order valence-electron chi connectivity index (χ1n) is 9.85. The van der Waals surface area contributed by atoms with Crippen LogP contribution in [0.3, 0.4) is 0 Å². The topological polar surface area (TPSA) is 61.3 Å². The zero-order valence-electron chi connectivity index (χ0n) is 16.8. The Morgan fingerprint density at radius 2 is 1.90 bits per heavy atom. The Bertz CT molecular complexity index is 1080. The van der Waals surface area contributed by atoms with E-state index in [1.54, 1.807) is 12.1 Å². The molecule has 1 aromatic heterocycles. The van der Waals surface area contributed by atoms with Crippen LogP contribution in [0.1, 0.15) is 24.0 Å². The number of likely N-dealkylation sites (tertiary alicyclic amines) is 1. The lowest BCUT2D eigenvalue weighted by Crippen LogP contribution is -2.40. The number of nitrogens with zero attached hydrogens (tertiary/aromatic N) is 3. The van der Waals surface area contributed by atoms with Crippen molar-refractivity contribution >= 4 is 16.6 Å². The fourth-order valence-corrected chi connectivity index (χ4v) is 3.96. The minimum atomic E-state index is -4.47. The number of halogens is 3. The molecule has 2 N–H and O–H groups in total. The quantitative estimate of drug-likeness (QED) is 0.640. The lowest BCUT2D eigenvalue weighted by atomic mass is 10.00. The first kappa shape index (κ1) is 20.4. The van der Waals surface area contributed by atoms with Gasteiger partial charge in [-0.3, -0.25) is 0 Å². The van der Waals surface area contributed by atoms with Crippen LogP contribution in [0, 0.1) is 6.92 Å². The van der Waals surface area contributed by atoms with E-state index in [-0.39, 0.29) is 11.8 Å². The molecule has 1 atom stereocenters. The number of aryl methyl sites for hydroxylation is 1. The molecule has 0 aliphatic carbocycles. The summed E-state index contributed by atoms with van der Waals surface area (Å²) < 4.78 is 40.2. The molecule has 2 heterocycles. The van der Waals surface area contributed by atoms with Crippen molar-refractivity contribution in [2.24, 2.45) is 0 Å². The van der Waals surface area contributed by atoms with Crippen LogP contribution in [0.4, 0.5) is 19.0 Å². The maximum absolute atomic E-state index is 13.4. The van der Waals surface area contributed by atoms with Crippen molar-refractivity contribution in [2.75, 3.05) is 25.5 Å². The number of aromatic nitrogens is 2. The molecule has 0 spiro atoms. The average Bonchev–Trinajstić information content (AvgIpc) is 2.68. The number of phenols is 1. The van der Waals surface area contributed by atoms with Crippen LogP contribution >= 0.6 is 0 Å². The number of nitrogens with one attached hydrogen (secondary N) is 1. The van der Waals surface area contributed by atoms with Crippen LogP contribution in [0.15, 0.2) is 36.4 Å². The maximum atomic E-state index is 13.4. The minimum Gasteiger partial charge on any atom is -0.507 e. The number of anilines is 1. The van der Waals surface area contributed by atoms with Crippen molar-refractivity contribution in [1.82, 2.24) is 15.1 Å². The van der Waals surface area contributed by atoms with Gasteiger partial charge in [0.2, 0.25) is 0 Å². The van der Waals surface area contributed by atoms with Gasteiger partial charge in [-0.15, -0.1) is 10.2 Å². The molecular formula is C22H23F3N4O. The van der Waals surface area contributed by atoms with Gasteiger partial charge in [0.25, 0.3) is 0 Å². The van der Waals surface area contributed by atoms with Crippen molar-refractivity contribution in [2.45, 2.75) is 32.0 Å². The Morgan fingerprint density at radius 3 is 2.60 bits per heavy atom. The van der Waals surface area contributed by atoms with Gasteiger partial charge in [-0.2, -0.15) is 13.2 Å². The molecule has 158 valence electrons. The molecule has 1 aliphatic heterocycles. The SMILES string of the molecule is Cc1ccc(-c2nnc(N[C@@H]3CCCN(C)C3)c3cc(C(F)(F)F)ccc23)c(O)c1. The molecule has 3 aromatic rings. The Labute approximate surface area is 172 Å². The second kappa shape index (κ2) is 7.75. The number of alkyl halides is 3. The highest BCUT2D eigenvalue weighted by atomic mass is 19.4. The van der Waals surface area contributed by atoms with Crippen LogP contribution in [-0.2, 0) is 6.18 Å². The lowest BCUT2D eigenvalue weighted by molar-refractivity contribution is -0.137. The summed E-state index contributed by atoms with van der Waals surface area (Å²) in [7, 11) is 2.02. The van der Waals surface area contributed by atoms with Gasteiger partial charge >= 0.3 is 6.18 Å². The molecule has 0 radical (unpaired) electrons. The zero-order chi connectivity index (χ0) is 21.5. The van der Waals surface area contributed by atoms with E-state index >= 15 is 0 Å². The number of hydrogen-bond acceptors (Lipinski definition) is 5. The van der Waals surface area contributed by atoms with Gasteiger partial charge in [0.05, 0.1) is 5.56 Å². The molecule has 8 heteroatoms. The fourth-order valence-electron chi connectivity index (χ4n) is 3.96. The molecule has 4 rings (SSSR count). The number of rotatable bonds is 3. The highest BCUT2D eigenvalue weighted by Crippen LogP contribution is 2.38. The molecule has 1 saturated heterocycles. The van der Waals surface area contributed by atoms with Gasteiger partial charge in [-0.25, -0.2) is 0 Å². The predicted octanol–water partition coefficient (Wildman–Crippen LogP) is 4.84. The van der Waals surface area contributed by atoms with Gasteiger partial charge in [0.15, 0.2) is 5.82 Å². The van der Waals surface area contributed by atoms with Crippen LogP contribution in [0.2, 0.25) is 0 Å². The normalized spacial score (nSPS) is 18.0. The molecule has 0 bridgehead atoms. The third-order valence-corrected chi connectivity index (χ3v) is 5.48. The molecule has 2 aromatic carbocycles. The van der Waals surface area contributed by atoms with Gasteiger partial charge in [-0.05, 0) is 63.2 Å². The van der Waals surface area contributed by atoms with E-state index in [1.165, 1.54) is 6.07 Å². The third-order valence-electron chi connectivity index (χ3n) is 5.48. The monoisotopic (exact) mass is 416 g/mol. The van der Waals surface area contributed by atoms with E-state index in [1.807, 2.05) is 20.0 Å². The van der Waals surface area contributed by atoms with Crippen molar-refractivity contribution in [3.63, 3.8) is 0 Å². The van der Waals surface area contributed by atoms with E-state index in [0.717, 1.165) is 43.6 Å². The maximum Gasteiger partial charge on any atom is 0.416 e. The number of piperidine rings is 1. The standard InChI is InChI=1S/C22H23F3N4O/c1-13-5-7-17(19(30)10-13)20-16-8-6-14(22(23,24)25)11-18(16)21(28-27-20)26-15-4-3-9-29(2)12-15/h5-8,10-11,15,30H,3-4,9,12H2,1-2H3,(H,26,28)/t15-/m1/s1. The van der Waals surface area contributed by atoms with Gasteiger partial charge < -0.3 is 15.3 Å². The molecule has 1 fully saturated rings. The highest BCUT2D eigenvalue weighted by molar-refractivity contribution is 6.01. The Hall–Kier alpha value is -2.87. The van der Waals surface area contributed by atoms with Crippen LogP contribution in [0.5, 0.6) is 5.75 Å². The minimum absolute atomic E-state index is 0.0140. The molecule has 0 unspecified atom stereocenters. The fraction of sp³-hybridized carbons (Fsp3) is 0.364. The third kappa shape index (κ3) is 4.05.